The summed E-state index contributed by atoms with van der Waals surface area (Å²) in [5.41, 5.74) is 2.45. The fourth-order valence-corrected chi connectivity index (χ4v) is 7.96. The highest BCUT2D eigenvalue weighted by molar-refractivity contribution is 7.89. The second kappa shape index (κ2) is 16.7. The van der Waals surface area contributed by atoms with Crippen molar-refractivity contribution in [3.8, 4) is 22.5 Å². The average Bonchev–Trinajstić information content (AvgIpc) is 3.43. The minimum absolute atomic E-state index is 0.00830. The predicted molar refractivity (Wildman–Crippen MR) is 196 cm³/mol. The molecule has 2 aromatic rings. The summed E-state index contributed by atoms with van der Waals surface area (Å²) < 4.78 is 71.9. The van der Waals surface area contributed by atoms with Gasteiger partial charge in [0.15, 0.2) is 0 Å². The van der Waals surface area contributed by atoms with E-state index in [0.717, 1.165) is 24.6 Å². The number of benzene rings is 3. The lowest BCUT2D eigenvalue weighted by molar-refractivity contribution is -0.197. The number of imide groups is 1. The Morgan fingerprint density at radius 1 is 0.943 bits per heavy atom. The van der Waals surface area contributed by atoms with Crippen molar-refractivity contribution >= 4 is 48.9 Å². The predicted octanol–water partition coefficient (Wildman–Crippen LogP) is 5.27. The number of amides is 2. The molecule has 0 bridgehead atoms. The molecular formula is C37H44N4O10S2. The molecule has 1 saturated heterocycles. The Kier molecular flexibility index (Phi) is 12.5. The van der Waals surface area contributed by atoms with Crippen molar-refractivity contribution in [3.63, 3.8) is 0 Å². The summed E-state index contributed by atoms with van der Waals surface area (Å²) >= 11 is 0. The Morgan fingerprint density at radius 2 is 1.66 bits per heavy atom. The first-order valence-corrected chi connectivity index (χ1v) is 20.5. The van der Waals surface area contributed by atoms with Gasteiger partial charge in [0.1, 0.15) is 16.2 Å². The van der Waals surface area contributed by atoms with Crippen LogP contribution in [-0.2, 0) is 39.4 Å². The third kappa shape index (κ3) is 9.37. The summed E-state index contributed by atoms with van der Waals surface area (Å²) in [6, 6.07) is 14.6. The van der Waals surface area contributed by atoms with Gasteiger partial charge in [-0.2, -0.15) is 8.42 Å². The molecule has 2 heterocycles. The van der Waals surface area contributed by atoms with Crippen LogP contribution in [0.3, 0.4) is 0 Å². The maximum atomic E-state index is 13.3. The number of hydroxylamine groups is 2. The zero-order valence-corrected chi connectivity index (χ0v) is 31.7. The van der Waals surface area contributed by atoms with Crippen LogP contribution in [0.5, 0.6) is 0 Å². The van der Waals surface area contributed by atoms with Crippen LogP contribution in [0.15, 0.2) is 73.8 Å². The van der Waals surface area contributed by atoms with Crippen LogP contribution in [0.1, 0.15) is 84.2 Å². The van der Waals surface area contributed by atoms with E-state index in [2.05, 4.69) is 10.0 Å². The van der Waals surface area contributed by atoms with E-state index in [1.165, 1.54) is 12.1 Å². The molecule has 53 heavy (non-hydrogen) atoms. The van der Waals surface area contributed by atoms with Crippen LogP contribution in [0.4, 0.5) is 0 Å². The minimum Gasteiger partial charge on any atom is -0.456 e. The molecule has 16 heteroatoms. The van der Waals surface area contributed by atoms with E-state index in [1.807, 2.05) is 45.9 Å². The van der Waals surface area contributed by atoms with Crippen LogP contribution in [0.25, 0.3) is 33.4 Å². The van der Waals surface area contributed by atoms with E-state index in [1.54, 1.807) is 18.2 Å². The zero-order chi connectivity index (χ0) is 38.5. The van der Waals surface area contributed by atoms with Crippen molar-refractivity contribution in [1.29, 1.82) is 0 Å². The van der Waals surface area contributed by atoms with Crippen molar-refractivity contribution in [2.45, 2.75) is 94.5 Å². The number of rotatable bonds is 16. The molecule has 1 aliphatic carbocycles. The molecule has 2 aliphatic heterocycles. The van der Waals surface area contributed by atoms with Crippen LogP contribution >= 0.6 is 0 Å². The molecule has 0 spiro atoms. The minimum atomic E-state index is -4.96. The monoisotopic (exact) mass is 768 g/mol. The standard InChI is InChI=1S/C37H44N4O10S2/c1-5-23(3)40-26-12-15-29-32(21-26)50-31-20-25(24(4)38-6-2)11-14-28(31)37(29)30-16-13-27(22-33(30)53(47,48)49)52(45,46)39-19-9-7-8-10-36(44)51-41-34(42)17-18-35(41)43/h11-16,20-24,38-39H,5-10,17-19H2,1-4H3,(H,47,48,49). The number of fused-ring (bicyclic) bond motifs is 2. The Bertz CT molecular complexity index is 2270. The summed E-state index contributed by atoms with van der Waals surface area (Å²) in [7, 11) is -9.19. The molecule has 2 aromatic carbocycles. The van der Waals surface area contributed by atoms with Gasteiger partial charge >= 0.3 is 5.97 Å². The third-order valence-electron chi connectivity index (χ3n) is 9.06. The highest BCUT2D eigenvalue weighted by atomic mass is 32.2. The van der Waals surface area contributed by atoms with E-state index in [9.17, 15) is 35.8 Å². The highest BCUT2D eigenvalue weighted by Crippen LogP contribution is 2.43. The number of nitrogens with one attached hydrogen (secondary N) is 2. The van der Waals surface area contributed by atoms with Gasteiger partial charge in [-0.25, -0.2) is 17.9 Å². The Morgan fingerprint density at radius 3 is 2.34 bits per heavy atom. The smallest absolute Gasteiger partial charge is 0.333 e. The van der Waals surface area contributed by atoms with Gasteiger partial charge in [0.25, 0.3) is 21.9 Å². The molecule has 3 N–H and O–H groups in total. The van der Waals surface area contributed by atoms with Crippen molar-refractivity contribution in [2.24, 2.45) is 4.99 Å². The largest absolute Gasteiger partial charge is 0.456 e. The van der Waals surface area contributed by atoms with Gasteiger partial charge < -0.3 is 14.6 Å². The second-order valence-corrected chi connectivity index (χ2v) is 16.1. The molecule has 2 atom stereocenters. The number of carbonyl (C=O) groups excluding carboxylic acids is 3. The topological polar surface area (TPSA) is 202 Å². The van der Waals surface area contributed by atoms with Gasteiger partial charge in [-0.1, -0.05) is 38.5 Å². The molecule has 5 rings (SSSR count). The Labute approximate surface area is 308 Å². The molecule has 284 valence electrons. The SMILES string of the molecule is CCNC(C)c1ccc2c(-c3ccc(S(=O)(=O)NCCCCCC(=O)ON4C(=O)CCC4=O)cc3S(=O)(=O)O)c3ccc(=NC(C)CC)cc-3oc2c1. The van der Waals surface area contributed by atoms with Gasteiger partial charge in [-0.3, -0.25) is 19.1 Å². The van der Waals surface area contributed by atoms with Crippen LogP contribution < -0.4 is 15.4 Å². The van der Waals surface area contributed by atoms with Crippen LogP contribution in [0, 0.1) is 0 Å². The highest BCUT2D eigenvalue weighted by Gasteiger charge is 2.33. The second-order valence-electron chi connectivity index (χ2n) is 13.0. The lowest BCUT2D eigenvalue weighted by Crippen LogP contribution is -2.31. The van der Waals surface area contributed by atoms with Crippen molar-refractivity contribution in [1.82, 2.24) is 15.1 Å². The summed E-state index contributed by atoms with van der Waals surface area (Å²) in [4.78, 5) is 43.9. The first-order chi connectivity index (χ1) is 25.1. The van der Waals surface area contributed by atoms with Crippen molar-refractivity contribution < 1.29 is 45.0 Å². The number of unbranched alkanes of at least 4 members (excludes halogenated alkanes) is 2. The Balaban J connectivity index is 1.43. The Hall–Kier alpha value is -4.48. The normalized spacial score (nSPS) is 15.4. The molecular weight excluding hydrogens is 725 g/mol. The van der Waals surface area contributed by atoms with Crippen LogP contribution in [0.2, 0.25) is 0 Å². The number of hydrogen-bond donors (Lipinski definition) is 3. The van der Waals surface area contributed by atoms with Gasteiger partial charge in [0, 0.05) is 66.0 Å². The van der Waals surface area contributed by atoms with E-state index in [-0.39, 0.29) is 48.3 Å². The quantitative estimate of drug-likeness (QED) is 0.0581. The maximum absolute atomic E-state index is 13.3. The number of sulfonamides is 1. The summed E-state index contributed by atoms with van der Waals surface area (Å²) in [6.07, 6.45) is 1.78. The van der Waals surface area contributed by atoms with E-state index in [4.69, 9.17) is 14.2 Å². The molecule has 2 unspecified atom stereocenters. The van der Waals surface area contributed by atoms with Gasteiger partial charge in [0.2, 0.25) is 10.0 Å². The number of nitrogens with zero attached hydrogens (tertiary/aromatic N) is 2. The van der Waals surface area contributed by atoms with E-state index < -0.39 is 42.8 Å². The number of hydrogen-bond acceptors (Lipinski definition) is 11. The molecule has 0 saturated carbocycles. The lowest BCUT2D eigenvalue weighted by atomic mass is 9.92. The number of carbonyl (C=O) groups is 3. The molecule has 0 aromatic heterocycles. The summed E-state index contributed by atoms with van der Waals surface area (Å²) in [5, 5.41) is 5.07. The average molecular weight is 769 g/mol. The van der Waals surface area contributed by atoms with E-state index in [0.29, 0.717) is 57.5 Å². The fraction of sp³-hybridized carbons (Fsp3) is 0.405. The molecule has 2 amide bonds. The van der Waals surface area contributed by atoms with Gasteiger partial charge in [-0.05, 0) is 75.5 Å². The van der Waals surface area contributed by atoms with Crippen molar-refractivity contribution in [2.75, 3.05) is 13.1 Å². The van der Waals surface area contributed by atoms with Crippen LogP contribution in [-0.4, -0.2) is 63.4 Å². The molecule has 3 aliphatic rings. The van der Waals surface area contributed by atoms with E-state index >= 15 is 0 Å². The van der Waals surface area contributed by atoms with Gasteiger partial charge in [-0.15, -0.1) is 5.06 Å². The molecule has 1 fully saturated rings. The van der Waals surface area contributed by atoms with Crippen molar-refractivity contribution in [3.05, 3.63) is 65.5 Å². The summed E-state index contributed by atoms with van der Waals surface area (Å²) in [5.74, 6) is -1.47. The lowest BCUT2D eigenvalue weighted by Gasteiger charge is -2.19. The summed E-state index contributed by atoms with van der Waals surface area (Å²) in [6.45, 7) is 8.75. The first-order valence-electron chi connectivity index (χ1n) is 17.6. The zero-order valence-electron chi connectivity index (χ0n) is 30.0. The third-order valence-corrected chi connectivity index (χ3v) is 11.4. The molecule has 0 radical (unpaired) electrons. The molecule has 14 nitrogen and oxygen atoms in total. The maximum Gasteiger partial charge on any atom is 0.333 e. The van der Waals surface area contributed by atoms with Gasteiger partial charge in [0.05, 0.1) is 10.3 Å². The fourth-order valence-electron chi connectivity index (χ4n) is 6.06. The first kappa shape index (κ1) is 39.7.